The van der Waals surface area contributed by atoms with Crippen molar-refractivity contribution in [1.82, 2.24) is 4.37 Å². The number of fused-ring (bicyclic) bond motifs is 2. The second kappa shape index (κ2) is 3.24. The maximum atomic E-state index is 12.2. The Labute approximate surface area is 101 Å². The molecule has 5 heteroatoms. The van der Waals surface area contributed by atoms with Crippen LogP contribution in [0.4, 0.5) is 0 Å². The summed E-state index contributed by atoms with van der Waals surface area (Å²) in [5.74, 6) is -0.715. The molecule has 0 saturated carbocycles. The van der Waals surface area contributed by atoms with Crippen molar-refractivity contribution in [3.05, 3.63) is 45.5 Å². The van der Waals surface area contributed by atoms with Crippen molar-refractivity contribution in [1.29, 1.82) is 0 Å². The summed E-state index contributed by atoms with van der Waals surface area (Å²) in [4.78, 5) is 24.7. The molecule has 0 saturated heterocycles. The number of carbonyl (C=O) groups is 2. The predicted molar refractivity (Wildman–Crippen MR) is 61.8 cm³/mol. The molecule has 1 aromatic carbocycles. The Morgan fingerprint density at radius 3 is 2.71 bits per heavy atom. The highest BCUT2D eigenvalue weighted by Gasteiger charge is 2.35. The number of rotatable bonds is 0. The van der Waals surface area contributed by atoms with Gasteiger partial charge in [-0.15, -0.1) is 0 Å². The van der Waals surface area contributed by atoms with Crippen molar-refractivity contribution >= 4 is 23.1 Å². The molecule has 3 rings (SSSR count). The van der Waals surface area contributed by atoms with E-state index in [1.165, 1.54) is 6.07 Å². The zero-order valence-corrected chi connectivity index (χ0v) is 9.67. The van der Waals surface area contributed by atoms with Crippen LogP contribution in [0.15, 0.2) is 18.2 Å². The first-order valence-corrected chi connectivity index (χ1v) is 5.76. The minimum atomic E-state index is -0.321. The number of phenolic OH excluding ortho intramolecular Hbond substituents is 1. The molecule has 1 heterocycles. The van der Waals surface area contributed by atoms with Crippen LogP contribution < -0.4 is 0 Å². The van der Waals surface area contributed by atoms with Gasteiger partial charge < -0.3 is 5.11 Å². The fraction of sp³-hybridized carbons (Fsp3) is 0.0833. The van der Waals surface area contributed by atoms with Gasteiger partial charge in [-0.1, -0.05) is 12.1 Å². The molecule has 0 unspecified atom stereocenters. The number of ketones is 2. The van der Waals surface area contributed by atoms with Gasteiger partial charge in [-0.25, -0.2) is 0 Å². The Bertz CT molecular complexity index is 670. The molecule has 0 radical (unpaired) electrons. The number of aromatic hydroxyl groups is 1. The molecule has 1 aliphatic carbocycles. The Morgan fingerprint density at radius 2 is 1.94 bits per heavy atom. The van der Waals surface area contributed by atoms with Crippen molar-refractivity contribution < 1.29 is 14.7 Å². The zero-order valence-electron chi connectivity index (χ0n) is 8.85. The lowest BCUT2D eigenvalue weighted by atomic mass is 9.87. The number of carbonyl (C=O) groups excluding carboxylic acids is 2. The molecule has 0 spiro atoms. The molecule has 2 aromatic rings. The first kappa shape index (κ1) is 10.2. The van der Waals surface area contributed by atoms with Crippen LogP contribution in [0.5, 0.6) is 5.75 Å². The number of aryl methyl sites for hydroxylation is 1. The zero-order chi connectivity index (χ0) is 12.2. The van der Waals surface area contributed by atoms with Gasteiger partial charge in [0.1, 0.15) is 10.6 Å². The first-order chi connectivity index (χ1) is 8.11. The number of aromatic nitrogens is 1. The van der Waals surface area contributed by atoms with E-state index in [1.807, 2.05) is 0 Å². The van der Waals surface area contributed by atoms with Gasteiger partial charge in [0.2, 0.25) is 5.78 Å². The van der Waals surface area contributed by atoms with Crippen LogP contribution in [0.2, 0.25) is 0 Å². The smallest absolute Gasteiger partial charge is 0.209 e. The van der Waals surface area contributed by atoms with Gasteiger partial charge in [-0.3, -0.25) is 9.59 Å². The summed E-state index contributed by atoms with van der Waals surface area (Å²) in [7, 11) is 0. The van der Waals surface area contributed by atoms with Gasteiger partial charge in [0, 0.05) is 5.56 Å². The van der Waals surface area contributed by atoms with E-state index in [-0.39, 0.29) is 28.4 Å². The van der Waals surface area contributed by atoms with E-state index in [4.69, 9.17) is 0 Å². The van der Waals surface area contributed by atoms with Gasteiger partial charge in [-0.2, -0.15) is 4.37 Å². The minimum Gasteiger partial charge on any atom is -0.507 e. The highest BCUT2D eigenvalue weighted by atomic mass is 32.1. The van der Waals surface area contributed by atoms with Crippen molar-refractivity contribution in [3.8, 4) is 5.75 Å². The lowest BCUT2D eigenvalue weighted by Crippen LogP contribution is -2.19. The van der Waals surface area contributed by atoms with E-state index in [0.29, 0.717) is 16.1 Å². The molecule has 4 nitrogen and oxygen atoms in total. The van der Waals surface area contributed by atoms with Crippen molar-refractivity contribution in [3.63, 3.8) is 0 Å². The predicted octanol–water partition coefficient (Wildman–Crippen LogP) is 1.93. The molecule has 1 aromatic heterocycles. The Morgan fingerprint density at radius 1 is 1.18 bits per heavy atom. The molecular weight excluding hydrogens is 238 g/mol. The van der Waals surface area contributed by atoms with E-state index in [9.17, 15) is 14.7 Å². The third kappa shape index (κ3) is 1.20. The summed E-state index contributed by atoms with van der Waals surface area (Å²) >= 11 is 1.00. The summed E-state index contributed by atoms with van der Waals surface area (Å²) in [6.07, 6.45) is 0. The van der Waals surface area contributed by atoms with Crippen LogP contribution in [0, 0.1) is 6.92 Å². The number of benzene rings is 1. The number of hydrogen-bond acceptors (Lipinski definition) is 5. The van der Waals surface area contributed by atoms with Gasteiger partial charge in [0.15, 0.2) is 5.78 Å². The average Bonchev–Trinajstić information content (AvgIpc) is 2.68. The highest BCUT2D eigenvalue weighted by molar-refractivity contribution is 7.09. The topological polar surface area (TPSA) is 67.3 Å². The Kier molecular flexibility index (Phi) is 1.94. The summed E-state index contributed by atoms with van der Waals surface area (Å²) in [6.45, 7) is 1.70. The normalized spacial score (nSPS) is 13.5. The number of hydrogen-bond donors (Lipinski definition) is 1. The SMILES string of the molecule is Cc1nsc2c1C(=O)c1cccc(O)c1C2=O. The molecule has 0 amide bonds. The van der Waals surface area contributed by atoms with E-state index in [2.05, 4.69) is 4.37 Å². The molecule has 17 heavy (non-hydrogen) atoms. The summed E-state index contributed by atoms with van der Waals surface area (Å²) in [6, 6.07) is 4.51. The lowest BCUT2D eigenvalue weighted by molar-refractivity contribution is 0.0979. The summed E-state index contributed by atoms with van der Waals surface area (Å²) < 4.78 is 4.03. The fourth-order valence-corrected chi connectivity index (χ4v) is 2.84. The van der Waals surface area contributed by atoms with Crippen LogP contribution in [-0.2, 0) is 0 Å². The molecule has 1 aliphatic rings. The molecule has 0 aliphatic heterocycles. The van der Waals surface area contributed by atoms with Gasteiger partial charge in [0.25, 0.3) is 0 Å². The second-order valence-corrected chi connectivity index (χ2v) is 4.60. The van der Waals surface area contributed by atoms with Crippen LogP contribution in [-0.4, -0.2) is 21.0 Å². The summed E-state index contributed by atoms with van der Waals surface area (Å²) in [5, 5.41) is 9.69. The van der Waals surface area contributed by atoms with Gasteiger partial charge in [-0.05, 0) is 24.5 Å². The van der Waals surface area contributed by atoms with Gasteiger partial charge >= 0.3 is 0 Å². The minimum absolute atomic E-state index is 0.0913. The Balaban J connectivity index is 2.39. The molecule has 0 bridgehead atoms. The maximum absolute atomic E-state index is 12.2. The van der Waals surface area contributed by atoms with Crippen molar-refractivity contribution in [2.45, 2.75) is 6.92 Å². The van der Waals surface area contributed by atoms with Crippen LogP contribution >= 0.6 is 11.5 Å². The molecular formula is C12H7NO3S. The van der Waals surface area contributed by atoms with E-state index >= 15 is 0 Å². The Hall–Kier alpha value is -2.01. The van der Waals surface area contributed by atoms with Crippen LogP contribution in [0.25, 0.3) is 0 Å². The molecule has 84 valence electrons. The van der Waals surface area contributed by atoms with Gasteiger partial charge in [0.05, 0.1) is 16.8 Å². The monoisotopic (exact) mass is 245 g/mol. The number of nitrogens with zero attached hydrogens (tertiary/aromatic N) is 1. The maximum Gasteiger partial charge on any atom is 0.209 e. The third-order valence-corrected chi connectivity index (χ3v) is 3.75. The number of phenols is 1. The molecule has 0 atom stereocenters. The first-order valence-electron chi connectivity index (χ1n) is 4.99. The largest absolute Gasteiger partial charge is 0.507 e. The lowest BCUT2D eigenvalue weighted by Gasteiger charge is -2.14. The summed E-state index contributed by atoms with van der Waals surface area (Å²) in [5.41, 5.74) is 1.29. The van der Waals surface area contributed by atoms with E-state index in [1.54, 1.807) is 19.1 Å². The van der Waals surface area contributed by atoms with E-state index in [0.717, 1.165) is 11.5 Å². The van der Waals surface area contributed by atoms with Crippen LogP contribution in [0.3, 0.4) is 0 Å². The standard InChI is InChI=1S/C12H7NO3S/c1-5-8-10(15)6-3-2-4-7(14)9(6)11(16)12(8)17-13-5/h2-4,14H,1H3. The van der Waals surface area contributed by atoms with Crippen molar-refractivity contribution in [2.75, 3.05) is 0 Å². The molecule has 0 fully saturated rings. The third-order valence-electron chi connectivity index (χ3n) is 2.81. The molecule has 1 N–H and O–H groups in total. The highest BCUT2D eigenvalue weighted by Crippen LogP contribution is 2.35. The van der Waals surface area contributed by atoms with Crippen molar-refractivity contribution in [2.24, 2.45) is 0 Å². The van der Waals surface area contributed by atoms with Crippen LogP contribution in [0.1, 0.15) is 36.9 Å². The fourth-order valence-electron chi connectivity index (χ4n) is 2.01. The van der Waals surface area contributed by atoms with E-state index < -0.39 is 0 Å². The average molecular weight is 245 g/mol. The second-order valence-electron chi connectivity index (χ2n) is 3.83. The quantitative estimate of drug-likeness (QED) is 0.657.